The van der Waals surface area contributed by atoms with Crippen molar-refractivity contribution >= 4 is 28.6 Å². The van der Waals surface area contributed by atoms with E-state index in [1.807, 2.05) is 5.38 Å². The summed E-state index contributed by atoms with van der Waals surface area (Å²) in [7, 11) is 1.44. The third kappa shape index (κ3) is 4.41. The second kappa shape index (κ2) is 8.44. The van der Waals surface area contributed by atoms with Gasteiger partial charge in [-0.3, -0.25) is 14.9 Å². The van der Waals surface area contributed by atoms with Gasteiger partial charge in [0.2, 0.25) is 5.82 Å². The first-order valence-electron chi connectivity index (χ1n) is 7.91. The van der Waals surface area contributed by atoms with Crippen LogP contribution in [0.25, 0.3) is 0 Å². The van der Waals surface area contributed by atoms with Gasteiger partial charge in [0.05, 0.1) is 23.2 Å². The molecule has 0 aliphatic carbocycles. The predicted molar refractivity (Wildman–Crippen MR) is 100 cm³/mol. The Kier molecular flexibility index (Phi) is 5.80. The highest BCUT2D eigenvalue weighted by atomic mass is 32.1. The maximum atomic E-state index is 13.4. The lowest BCUT2D eigenvalue weighted by Crippen LogP contribution is -2.12. The van der Waals surface area contributed by atoms with E-state index in [0.717, 1.165) is 17.8 Å². The smallest absolute Gasteiger partial charge is 0.306 e. The number of anilines is 1. The fourth-order valence-corrected chi connectivity index (χ4v) is 2.87. The summed E-state index contributed by atoms with van der Waals surface area (Å²) >= 11 is 1.45. The zero-order chi connectivity index (χ0) is 20.1. The lowest BCUT2D eigenvalue weighted by molar-refractivity contribution is -0.387. The van der Waals surface area contributed by atoms with E-state index in [2.05, 4.69) is 10.3 Å². The lowest BCUT2D eigenvalue weighted by Gasteiger charge is -2.12. The molecule has 0 atom stereocenters. The van der Waals surface area contributed by atoms with Gasteiger partial charge in [0, 0.05) is 22.7 Å². The van der Waals surface area contributed by atoms with E-state index in [0.29, 0.717) is 11.5 Å². The molecule has 0 bridgehead atoms. The summed E-state index contributed by atoms with van der Waals surface area (Å²) in [4.78, 5) is 26.5. The number of nitrogens with one attached hydrogen (secondary N) is 1. The molecule has 0 fully saturated rings. The fraction of sp³-hybridized carbons (Fsp3) is 0.111. The van der Waals surface area contributed by atoms with Gasteiger partial charge in [0.15, 0.2) is 11.5 Å². The summed E-state index contributed by atoms with van der Waals surface area (Å²) in [6, 6.07) is 7.69. The first-order chi connectivity index (χ1) is 13.5. The predicted octanol–water partition coefficient (Wildman–Crippen LogP) is 4.03. The average molecular weight is 403 g/mol. The van der Waals surface area contributed by atoms with Crippen molar-refractivity contribution in [2.75, 3.05) is 12.4 Å². The number of methoxy groups -OCH3 is 1. The molecule has 1 heterocycles. The van der Waals surface area contributed by atoms with Gasteiger partial charge in [-0.25, -0.2) is 4.98 Å². The monoisotopic (exact) mass is 403 g/mol. The van der Waals surface area contributed by atoms with E-state index in [4.69, 9.17) is 9.47 Å². The van der Waals surface area contributed by atoms with Crippen LogP contribution >= 0.6 is 11.3 Å². The number of hydrogen-bond donors (Lipinski definition) is 1. The van der Waals surface area contributed by atoms with Gasteiger partial charge in [-0.05, 0) is 30.3 Å². The van der Waals surface area contributed by atoms with Gasteiger partial charge in [-0.1, -0.05) is 0 Å². The molecule has 28 heavy (non-hydrogen) atoms. The molecule has 0 spiro atoms. The molecule has 0 saturated heterocycles. The summed E-state index contributed by atoms with van der Waals surface area (Å²) in [6.07, 6.45) is 0. The Balaban J connectivity index is 1.75. The van der Waals surface area contributed by atoms with Crippen molar-refractivity contribution in [1.82, 2.24) is 4.98 Å². The van der Waals surface area contributed by atoms with Crippen LogP contribution in [-0.2, 0) is 6.61 Å². The number of carbonyl (C=O) groups is 1. The fourth-order valence-electron chi connectivity index (χ4n) is 2.32. The maximum absolute atomic E-state index is 13.4. The summed E-state index contributed by atoms with van der Waals surface area (Å²) in [5.41, 5.74) is 2.09. The molecule has 1 N–H and O–H groups in total. The Hall–Kier alpha value is -3.53. The molecule has 8 nitrogen and oxygen atoms in total. The highest BCUT2D eigenvalue weighted by Crippen LogP contribution is 2.29. The SMILES string of the molecule is COc1cc(C(=O)Nc2ccc(F)c([N+](=O)[O-])c2)ccc1OCc1cscn1. The summed E-state index contributed by atoms with van der Waals surface area (Å²) in [6.45, 7) is 0.255. The number of nitrogens with zero attached hydrogens (tertiary/aromatic N) is 2. The van der Waals surface area contributed by atoms with Gasteiger partial charge >= 0.3 is 5.69 Å². The second-order valence-corrected chi connectivity index (χ2v) is 6.23. The highest BCUT2D eigenvalue weighted by molar-refractivity contribution is 7.07. The number of amides is 1. The summed E-state index contributed by atoms with van der Waals surface area (Å²) in [5.74, 6) is -0.742. The minimum absolute atomic E-state index is 0.0981. The van der Waals surface area contributed by atoms with Crippen LogP contribution in [-0.4, -0.2) is 22.9 Å². The molecule has 0 aliphatic heterocycles. The van der Waals surface area contributed by atoms with E-state index < -0.39 is 22.3 Å². The third-order valence-corrected chi connectivity index (χ3v) is 4.32. The molecule has 0 saturated carbocycles. The zero-order valence-corrected chi connectivity index (χ0v) is 15.4. The van der Waals surface area contributed by atoms with Crippen molar-refractivity contribution in [3.8, 4) is 11.5 Å². The first kappa shape index (κ1) is 19.2. The molecule has 3 aromatic rings. The maximum Gasteiger partial charge on any atom is 0.306 e. The van der Waals surface area contributed by atoms with Crippen molar-refractivity contribution in [3.63, 3.8) is 0 Å². The van der Waals surface area contributed by atoms with Crippen LogP contribution in [0.2, 0.25) is 0 Å². The van der Waals surface area contributed by atoms with Gasteiger partial charge in [0.1, 0.15) is 6.61 Å². The molecule has 1 amide bonds. The Morgan fingerprint density at radius 1 is 1.29 bits per heavy atom. The second-order valence-electron chi connectivity index (χ2n) is 5.51. The van der Waals surface area contributed by atoms with E-state index in [1.54, 1.807) is 11.6 Å². The molecule has 0 aliphatic rings. The Morgan fingerprint density at radius 2 is 2.11 bits per heavy atom. The molecular weight excluding hydrogens is 389 g/mol. The van der Waals surface area contributed by atoms with Crippen molar-refractivity contribution < 1.29 is 23.6 Å². The van der Waals surface area contributed by atoms with Gasteiger partial charge in [0.25, 0.3) is 5.91 Å². The molecular formula is C18H14FN3O5S. The van der Waals surface area contributed by atoms with E-state index in [9.17, 15) is 19.3 Å². The normalized spacial score (nSPS) is 10.4. The quantitative estimate of drug-likeness (QED) is 0.472. The zero-order valence-electron chi connectivity index (χ0n) is 14.5. The molecule has 3 rings (SSSR count). The van der Waals surface area contributed by atoms with E-state index in [-0.39, 0.29) is 17.9 Å². The number of carbonyl (C=O) groups excluding carboxylic acids is 1. The number of nitro benzene ring substituents is 1. The molecule has 144 valence electrons. The van der Waals surface area contributed by atoms with Crippen molar-refractivity contribution in [2.24, 2.45) is 0 Å². The van der Waals surface area contributed by atoms with Gasteiger partial charge in [-0.15, -0.1) is 11.3 Å². The number of nitro groups is 1. The molecule has 10 heteroatoms. The van der Waals surface area contributed by atoms with Crippen molar-refractivity contribution in [1.29, 1.82) is 0 Å². The molecule has 0 radical (unpaired) electrons. The number of halogens is 1. The van der Waals surface area contributed by atoms with E-state index in [1.165, 1.54) is 36.6 Å². The number of rotatable bonds is 7. The Labute approximate surface area is 162 Å². The Bertz CT molecular complexity index is 1010. The lowest BCUT2D eigenvalue weighted by atomic mass is 10.1. The minimum atomic E-state index is -0.980. The highest BCUT2D eigenvalue weighted by Gasteiger charge is 2.17. The van der Waals surface area contributed by atoms with Crippen LogP contribution in [0.4, 0.5) is 15.8 Å². The molecule has 1 aromatic heterocycles. The molecule has 0 unspecified atom stereocenters. The van der Waals surface area contributed by atoms with E-state index >= 15 is 0 Å². The topological polar surface area (TPSA) is 104 Å². The number of hydrogen-bond acceptors (Lipinski definition) is 7. The standard InChI is InChI=1S/C18H14FN3O5S/c1-26-17-6-11(2-5-16(17)27-8-13-9-28-10-20-13)18(23)21-12-3-4-14(19)15(7-12)22(24)25/h2-7,9-10H,8H2,1H3,(H,21,23). The van der Waals surface area contributed by atoms with Gasteiger partial charge in [-0.2, -0.15) is 4.39 Å². The van der Waals surface area contributed by atoms with Gasteiger partial charge < -0.3 is 14.8 Å². The Morgan fingerprint density at radius 3 is 2.79 bits per heavy atom. The van der Waals surface area contributed by atoms with Crippen LogP contribution < -0.4 is 14.8 Å². The number of benzene rings is 2. The molecule has 2 aromatic carbocycles. The third-order valence-electron chi connectivity index (χ3n) is 3.69. The summed E-state index contributed by atoms with van der Waals surface area (Å²) in [5, 5.41) is 15.2. The largest absolute Gasteiger partial charge is 0.493 e. The number of ether oxygens (including phenoxy) is 2. The van der Waals surface area contributed by atoms with Crippen LogP contribution in [0, 0.1) is 15.9 Å². The average Bonchev–Trinajstić information content (AvgIpc) is 3.21. The van der Waals surface area contributed by atoms with Crippen molar-refractivity contribution in [3.05, 3.63) is 74.5 Å². The van der Waals surface area contributed by atoms with Crippen molar-refractivity contribution in [2.45, 2.75) is 6.61 Å². The minimum Gasteiger partial charge on any atom is -0.493 e. The number of aromatic nitrogens is 1. The van der Waals surface area contributed by atoms with Crippen LogP contribution in [0.3, 0.4) is 0 Å². The van der Waals surface area contributed by atoms with Crippen LogP contribution in [0.1, 0.15) is 16.1 Å². The first-order valence-corrected chi connectivity index (χ1v) is 8.85. The summed E-state index contributed by atoms with van der Waals surface area (Å²) < 4.78 is 24.3. The number of thiazole rings is 1. The van der Waals surface area contributed by atoms with Crippen LogP contribution in [0.15, 0.2) is 47.3 Å². The van der Waals surface area contributed by atoms with Crippen LogP contribution in [0.5, 0.6) is 11.5 Å².